The van der Waals surface area contributed by atoms with Crippen LogP contribution < -0.4 is 15.4 Å². The number of nitrogens with zero attached hydrogens (tertiary/aromatic N) is 5. The van der Waals surface area contributed by atoms with Crippen molar-refractivity contribution in [1.29, 1.82) is 5.26 Å². The number of aromatic nitrogens is 1. The van der Waals surface area contributed by atoms with Crippen molar-refractivity contribution in [3.05, 3.63) is 62.0 Å². The van der Waals surface area contributed by atoms with Crippen LogP contribution >= 0.6 is 24.0 Å². The van der Waals surface area contributed by atoms with E-state index in [0.717, 1.165) is 12.8 Å². The van der Waals surface area contributed by atoms with E-state index >= 15 is 0 Å². The number of carbonyl (C=O) groups excluding carboxylic acids is 1. The Balaban J connectivity index is 1.48. The summed E-state index contributed by atoms with van der Waals surface area (Å²) in [6.45, 7) is 5.02. The van der Waals surface area contributed by atoms with Gasteiger partial charge in [-0.15, -0.1) is 0 Å². The maximum atomic E-state index is 14.4. The molecule has 0 aliphatic carbocycles. The maximum Gasteiger partial charge on any atom is 0.270 e. The minimum absolute atomic E-state index is 0.0253. The molecular weight excluding hydrogens is 525 g/mol. The van der Waals surface area contributed by atoms with Gasteiger partial charge in [-0.3, -0.25) is 19.1 Å². The van der Waals surface area contributed by atoms with Gasteiger partial charge < -0.3 is 14.5 Å². The van der Waals surface area contributed by atoms with Crippen LogP contribution in [0.2, 0.25) is 0 Å². The van der Waals surface area contributed by atoms with Gasteiger partial charge in [0.2, 0.25) is 0 Å². The first kappa shape index (κ1) is 26.4. The zero-order valence-corrected chi connectivity index (χ0v) is 22.9. The first-order valence-corrected chi connectivity index (χ1v) is 13.8. The Morgan fingerprint density at radius 3 is 2.58 bits per heavy atom. The van der Waals surface area contributed by atoms with Crippen LogP contribution in [-0.2, 0) is 16.6 Å². The topological polar surface area (TPSA) is 81.8 Å². The maximum absolute atomic E-state index is 14.4. The number of benzene rings is 1. The predicted molar refractivity (Wildman–Crippen MR) is 151 cm³/mol. The Kier molecular flexibility index (Phi) is 7.56. The number of ether oxygens (including phenoxy) is 1. The summed E-state index contributed by atoms with van der Waals surface area (Å²) in [7, 11) is 1.64. The van der Waals surface area contributed by atoms with E-state index in [-0.39, 0.29) is 29.0 Å². The SMILES string of the molecule is Cc1c(/C=C2\SC(=S)N(CC3CCCO3)C2=O)c(N2CCN(c3ccccc3F)CC2)n(C)c(=O)c1C#N. The summed E-state index contributed by atoms with van der Waals surface area (Å²) in [6, 6.07) is 8.72. The number of carbonyl (C=O) groups is 1. The molecule has 1 aromatic carbocycles. The minimum atomic E-state index is -0.389. The molecule has 1 aromatic heterocycles. The van der Waals surface area contributed by atoms with Gasteiger partial charge in [0.15, 0.2) is 0 Å². The van der Waals surface area contributed by atoms with Crippen LogP contribution in [0.3, 0.4) is 0 Å². The van der Waals surface area contributed by atoms with Crippen molar-refractivity contribution in [3.63, 3.8) is 0 Å². The van der Waals surface area contributed by atoms with Gasteiger partial charge in [0.25, 0.3) is 11.5 Å². The minimum Gasteiger partial charge on any atom is -0.376 e. The Morgan fingerprint density at radius 2 is 1.92 bits per heavy atom. The molecule has 3 fully saturated rings. The highest BCUT2D eigenvalue weighted by atomic mass is 32.2. The van der Waals surface area contributed by atoms with Crippen LogP contribution in [0.1, 0.15) is 29.5 Å². The third kappa shape index (κ3) is 4.84. The van der Waals surface area contributed by atoms with Gasteiger partial charge >= 0.3 is 0 Å². The lowest BCUT2D eigenvalue weighted by Crippen LogP contribution is -2.48. The number of amides is 1. The summed E-state index contributed by atoms with van der Waals surface area (Å²) in [4.78, 5) is 32.5. The van der Waals surface area contributed by atoms with Gasteiger partial charge in [0, 0.05) is 45.4 Å². The summed E-state index contributed by atoms with van der Waals surface area (Å²) in [6.07, 6.45) is 3.59. The van der Waals surface area contributed by atoms with E-state index in [1.807, 2.05) is 17.0 Å². The molecule has 0 spiro atoms. The second-order valence-electron chi connectivity index (χ2n) is 9.57. The molecule has 3 aliphatic heterocycles. The molecule has 0 saturated carbocycles. The van der Waals surface area contributed by atoms with Crippen LogP contribution in [0.25, 0.3) is 6.08 Å². The zero-order chi connectivity index (χ0) is 27.0. The fourth-order valence-electron chi connectivity index (χ4n) is 5.24. The van der Waals surface area contributed by atoms with E-state index in [4.69, 9.17) is 17.0 Å². The van der Waals surface area contributed by atoms with Gasteiger partial charge in [-0.25, -0.2) is 4.39 Å². The van der Waals surface area contributed by atoms with Gasteiger partial charge in [0.05, 0.1) is 23.2 Å². The molecule has 0 radical (unpaired) electrons. The van der Waals surface area contributed by atoms with Crippen molar-refractivity contribution in [2.24, 2.45) is 7.05 Å². The van der Waals surface area contributed by atoms with Crippen molar-refractivity contribution >= 4 is 51.8 Å². The van der Waals surface area contributed by atoms with E-state index in [0.29, 0.717) is 71.2 Å². The summed E-state index contributed by atoms with van der Waals surface area (Å²) < 4.78 is 22.0. The number of halogens is 1. The Hall–Kier alpha value is -3.20. The summed E-state index contributed by atoms with van der Waals surface area (Å²) in [5.74, 6) is 0.162. The summed E-state index contributed by atoms with van der Waals surface area (Å²) in [5.41, 5.74) is 1.36. The molecule has 2 aromatic rings. The van der Waals surface area contributed by atoms with Gasteiger partial charge in [-0.1, -0.05) is 36.1 Å². The quantitative estimate of drug-likeness (QED) is 0.412. The Labute approximate surface area is 230 Å². The first-order valence-electron chi connectivity index (χ1n) is 12.5. The fraction of sp³-hybridized carbons (Fsp3) is 0.407. The third-order valence-electron chi connectivity index (χ3n) is 7.30. The zero-order valence-electron chi connectivity index (χ0n) is 21.3. The third-order valence-corrected chi connectivity index (χ3v) is 8.68. The Morgan fingerprint density at radius 1 is 1.21 bits per heavy atom. The van der Waals surface area contributed by atoms with Crippen molar-refractivity contribution in [1.82, 2.24) is 9.47 Å². The van der Waals surface area contributed by atoms with Crippen LogP contribution in [0, 0.1) is 24.1 Å². The molecule has 1 atom stereocenters. The fourth-order valence-corrected chi connectivity index (χ4v) is 6.50. The second-order valence-corrected chi connectivity index (χ2v) is 11.2. The molecule has 38 heavy (non-hydrogen) atoms. The number of nitriles is 1. The molecule has 3 aliphatic rings. The number of thioether (sulfide) groups is 1. The highest BCUT2D eigenvalue weighted by molar-refractivity contribution is 8.26. The van der Waals surface area contributed by atoms with Crippen LogP contribution in [-0.4, -0.2) is 65.1 Å². The van der Waals surface area contributed by atoms with Crippen molar-refractivity contribution in [2.45, 2.75) is 25.9 Å². The average Bonchev–Trinajstić information content (AvgIpc) is 3.52. The second kappa shape index (κ2) is 10.9. The lowest BCUT2D eigenvalue weighted by molar-refractivity contribution is -0.123. The van der Waals surface area contributed by atoms with E-state index in [1.54, 1.807) is 37.1 Å². The summed E-state index contributed by atoms with van der Waals surface area (Å²) in [5, 5.41) is 9.74. The van der Waals surface area contributed by atoms with Gasteiger partial charge in [-0.2, -0.15) is 5.26 Å². The number of para-hydroxylation sites is 1. The van der Waals surface area contributed by atoms with E-state index in [9.17, 15) is 19.2 Å². The van der Waals surface area contributed by atoms with Crippen molar-refractivity contribution in [2.75, 3.05) is 49.1 Å². The molecule has 3 saturated heterocycles. The number of thiocarbonyl (C=S) groups is 1. The smallest absolute Gasteiger partial charge is 0.270 e. The van der Waals surface area contributed by atoms with Crippen LogP contribution in [0.15, 0.2) is 34.0 Å². The number of anilines is 2. The Bertz CT molecular complexity index is 1420. The lowest BCUT2D eigenvalue weighted by atomic mass is 10.0. The summed E-state index contributed by atoms with van der Waals surface area (Å²) >= 11 is 6.74. The number of hydrogen-bond donors (Lipinski definition) is 0. The molecule has 198 valence electrons. The lowest BCUT2D eigenvalue weighted by Gasteiger charge is -2.38. The largest absolute Gasteiger partial charge is 0.376 e. The standard InChI is InChI=1S/C27H28FN5O3S2/c1-17-19(14-23-26(35)33(27(37)38-23)16-18-6-5-13-36-18)24(30(2)25(34)20(17)15-29)32-11-9-31(10-12-32)22-8-4-3-7-21(22)28/h3-4,7-8,14,18H,5-6,9-13,16H2,1-2H3/b23-14-. The van der Waals surface area contributed by atoms with Gasteiger partial charge in [-0.05, 0) is 43.5 Å². The molecule has 1 amide bonds. The monoisotopic (exact) mass is 553 g/mol. The molecule has 1 unspecified atom stereocenters. The average molecular weight is 554 g/mol. The molecule has 0 N–H and O–H groups in total. The number of pyridine rings is 1. The van der Waals surface area contributed by atoms with Crippen molar-refractivity contribution < 1.29 is 13.9 Å². The number of rotatable bonds is 5. The molecular formula is C27H28FN5O3S2. The predicted octanol–water partition coefficient (Wildman–Crippen LogP) is 3.41. The number of piperazine rings is 1. The normalized spacial score (nSPS) is 21.1. The highest BCUT2D eigenvalue weighted by Gasteiger charge is 2.35. The van der Waals surface area contributed by atoms with E-state index < -0.39 is 0 Å². The molecule has 5 rings (SSSR count). The highest BCUT2D eigenvalue weighted by Crippen LogP contribution is 2.36. The molecule has 8 nitrogen and oxygen atoms in total. The molecule has 4 heterocycles. The van der Waals surface area contributed by atoms with Crippen LogP contribution in [0.4, 0.5) is 15.9 Å². The molecule has 0 bridgehead atoms. The van der Waals surface area contributed by atoms with Gasteiger partial charge in [0.1, 0.15) is 27.6 Å². The molecule has 11 heteroatoms. The van der Waals surface area contributed by atoms with Crippen molar-refractivity contribution in [3.8, 4) is 6.07 Å². The van der Waals surface area contributed by atoms with E-state index in [2.05, 4.69) is 4.90 Å². The van der Waals surface area contributed by atoms with E-state index in [1.165, 1.54) is 22.4 Å². The van der Waals surface area contributed by atoms with Crippen LogP contribution in [0.5, 0.6) is 0 Å². The number of hydrogen-bond acceptors (Lipinski definition) is 8. The first-order chi connectivity index (χ1) is 18.3.